The fourth-order valence-electron chi connectivity index (χ4n) is 2.37. The second-order valence-corrected chi connectivity index (χ2v) is 7.55. The van der Waals surface area contributed by atoms with Crippen molar-refractivity contribution in [2.45, 2.75) is 46.1 Å². The molecule has 0 bridgehead atoms. The molecule has 4 atom stereocenters. The van der Waals surface area contributed by atoms with E-state index in [0.29, 0.717) is 29.6 Å². The summed E-state index contributed by atoms with van der Waals surface area (Å²) in [5.74, 6) is 2.35. The van der Waals surface area contributed by atoms with Gasteiger partial charge < -0.3 is 9.29 Å². The first-order valence-corrected chi connectivity index (χ1v) is 9.40. The molecule has 0 saturated heterocycles. The molecule has 0 radical (unpaired) electrons. The number of hydrogen-bond acceptors (Lipinski definition) is 3. The summed E-state index contributed by atoms with van der Waals surface area (Å²) in [6, 6.07) is 4.50. The third kappa shape index (κ3) is 5.14. The van der Waals surface area contributed by atoms with Crippen LogP contribution in [-0.2, 0) is 11.4 Å². The number of hydrogen-bond donors (Lipinski definition) is 1. The summed E-state index contributed by atoms with van der Waals surface area (Å²) in [6.07, 6.45) is 3.11. The number of nitrogens with one attached hydrogen (secondary N) is 1. The van der Waals surface area contributed by atoms with Gasteiger partial charge in [0.1, 0.15) is 17.3 Å². The third-order valence-corrected chi connectivity index (χ3v) is 5.44. The zero-order valence-electron chi connectivity index (χ0n) is 13.6. The van der Waals surface area contributed by atoms with Crippen LogP contribution in [0.4, 0.5) is 4.39 Å². The molecule has 0 heterocycles. The van der Waals surface area contributed by atoms with E-state index in [-0.39, 0.29) is 11.9 Å². The van der Waals surface area contributed by atoms with Gasteiger partial charge in [0.05, 0.1) is 12.6 Å². The summed E-state index contributed by atoms with van der Waals surface area (Å²) < 4.78 is 34.6. The molecule has 1 N–H and O–H groups in total. The largest absolute Gasteiger partial charge is 0.598 e. The number of halogens is 1. The molecule has 1 aromatic rings. The minimum Gasteiger partial charge on any atom is -0.598 e. The van der Waals surface area contributed by atoms with Crippen molar-refractivity contribution >= 4 is 11.4 Å². The van der Waals surface area contributed by atoms with Gasteiger partial charge in [-0.15, -0.1) is 4.72 Å². The summed E-state index contributed by atoms with van der Waals surface area (Å²) >= 11 is -1.13. The quantitative estimate of drug-likeness (QED) is 0.698. The highest BCUT2D eigenvalue weighted by atomic mass is 32.2. The zero-order chi connectivity index (χ0) is 16.1. The summed E-state index contributed by atoms with van der Waals surface area (Å²) in [6.45, 7) is 6.79. The van der Waals surface area contributed by atoms with E-state index in [1.165, 1.54) is 12.5 Å². The molecule has 1 fully saturated rings. The maximum atomic E-state index is 14.0. The normalized spacial score (nSPS) is 23.1. The van der Waals surface area contributed by atoms with E-state index in [0.717, 1.165) is 18.8 Å². The van der Waals surface area contributed by atoms with Crippen LogP contribution in [0.25, 0.3) is 0 Å². The Balaban J connectivity index is 1.92. The summed E-state index contributed by atoms with van der Waals surface area (Å²) in [5.41, 5.74) is 0.506. The van der Waals surface area contributed by atoms with Crippen molar-refractivity contribution in [2.75, 3.05) is 12.4 Å². The molecular weight excluding hydrogens is 301 g/mol. The smallest absolute Gasteiger partial charge is 0.128 e. The van der Waals surface area contributed by atoms with Crippen LogP contribution in [0, 0.1) is 17.7 Å². The molecule has 124 valence electrons. The number of rotatable bonds is 9. The van der Waals surface area contributed by atoms with E-state index in [4.69, 9.17) is 4.74 Å². The van der Waals surface area contributed by atoms with E-state index >= 15 is 0 Å². The van der Waals surface area contributed by atoms with Gasteiger partial charge in [0.2, 0.25) is 0 Å². The molecule has 0 aliphatic heterocycles. The van der Waals surface area contributed by atoms with Crippen molar-refractivity contribution < 1.29 is 13.7 Å². The molecule has 1 aliphatic rings. The van der Waals surface area contributed by atoms with Gasteiger partial charge in [-0.05, 0) is 49.8 Å². The second-order valence-electron chi connectivity index (χ2n) is 6.21. The Labute approximate surface area is 135 Å². The van der Waals surface area contributed by atoms with E-state index in [2.05, 4.69) is 18.6 Å². The lowest BCUT2D eigenvalue weighted by molar-refractivity contribution is 0.292. The van der Waals surface area contributed by atoms with Crippen LogP contribution in [0.15, 0.2) is 18.2 Å². The van der Waals surface area contributed by atoms with Gasteiger partial charge >= 0.3 is 0 Å². The Morgan fingerprint density at radius 3 is 2.86 bits per heavy atom. The van der Waals surface area contributed by atoms with Crippen LogP contribution in [0.5, 0.6) is 5.75 Å². The van der Waals surface area contributed by atoms with Crippen molar-refractivity contribution in [3.8, 4) is 5.75 Å². The lowest BCUT2D eigenvalue weighted by Gasteiger charge is -2.18. The molecule has 2 rings (SSSR count). The van der Waals surface area contributed by atoms with Crippen LogP contribution in [0.1, 0.15) is 51.6 Å². The Morgan fingerprint density at radius 2 is 2.23 bits per heavy atom. The van der Waals surface area contributed by atoms with Gasteiger partial charge in [-0.25, -0.2) is 4.39 Å². The molecule has 5 heteroatoms. The number of benzene rings is 1. The lowest BCUT2D eigenvalue weighted by Crippen LogP contribution is -2.29. The molecule has 1 saturated carbocycles. The Hall–Kier alpha value is -0.780. The Morgan fingerprint density at radius 1 is 1.50 bits per heavy atom. The SMILES string of the molecule is CCCC[S+]([O-])N[C@@H](C)c1cc(OCC2C[C@@H]2C)ccc1F. The monoisotopic (exact) mass is 327 g/mol. The Kier molecular flexibility index (Phi) is 6.53. The summed E-state index contributed by atoms with van der Waals surface area (Å²) in [5, 5.41) is 0. The zero-order valence-corrected chi connectivity index (χ0v) is 14.4. The Bertz CT molecular complexity index is 486. The molecule has 1 aliphatic carbocycles. The van der Waals surface area contributed by atoms with Gasteiger partial charge in [0.15, 0.2) is 0 Å². The van der Waals surface area contributed by atoms with E-state index < -0.39 is 11.4 Å². The van der Waals surface area contributed by atoms with Crippen LogP contribution in [0.2, 0.25) is 0 Å². The third-order valence-electron chi connectivity index (χ3n) is 4.17. The van der Waals surface area contributed by atoms with E-state index in [1.54, 1.807) is 12.1 Å². The second kappa shape index (κ2) is 8.18. The summed E-state index contributed by atoms with van der Waals surface area (Å²) in [4.78, 5) is 0. The molecule has 0 aromatic heterocycles. The topological polar surface area (TPSA) is 44.3 Å². The fourth-order valence-corrected chi connectivity index (χ4v) is 3.56. The predicted octanol–water partition coefficient (Wildman–Crippen LogP) is 3.97. The average molecular weight is 327 g/mol. The molecular formula is C17H26FNO2S. The minimum atomic E-state index is -1.13. The van der Waals surface area contributed by atoms with Crippen LogP contribution < -0.4 is 9.46 Å². The van der Waals surface area contributed by atoms with Crippen molar-refractivity contribution in [1.82, 2.24) is 4.72 Å². The molecule has 2 unspecified atom stereocenters. The van der Waals surface area contributed by atoms with Crippen molar-refractivity contribution in [2.24, 2.45) is 11.8 Å². The number of ether oxygens (including phenoxy) is 1. The van der Waals surface area contributed by atoms with Crippen molar-refractivity contribution in [1.29, 1.82) is 0 Å². The van der Waals surface area contributed by atoms with Gasteiger partial charge in [-0.3, -0.25) is 0 Å². The van der Waals surface area contributed by atoms with Gasteiger partial charge in [-0.2, -0.15) is 0 Å². The van der Waals surface area contributed by atoms with Gasteiger partial charge in [-0.1, -0.05) is 20.3 Å². The number of unbranched alkanes of at least 4 members (excludes halogenated alkanes) is 1. The molecule has 3 nitrogen and oxygen atoms in total. The molecule has 22 heavy (non-hydrogen) atoms. The maximum absolute atomic E-state index is 14.0. The lowest BCUT2D eigenvalue weighted by atomic mass is 10.1. The van der Waals surface area contributed by atoms with Crippen LogP contribution in [-0.4, -0.2) is 16.9 Å². The average Bonchev–Trinajstić information content (AvgIpc) is 3.19. The fraction of sp³-hybridized carbons (Fsp3) is 0.647. The highest BCUT2D eigenvalue weighted by Crippen LogP contribution is 2.38. The van der Waals surface area contributed by atoms with E-state index in [1.807, 2.05) is 6.92 Å². The standard InChI is InChI=1S/C17H26FNO2S/c1-4-5-8-22(20)19-13(3)16-10-15(6-7-17(16)18)21-11-14-9-12(14)2/h6-7,10,12-14,19H,4-5,8-9,11H2,1-3H3/t12-,13-,14?,22?/m0/s1. The first kappa shape index (κ1) is 17.6. The van der Waals surface area contributed by atoms with Crippen LogP contribution in [0.3, 0.4) is 0 Å². The molecule has 1 aromatic carbocycles. The predicted molar refractivity (Wildman–Crippen MR) is 88.6 cm³/mol. The minimum absolute atomic E-state index is 0.292. The maximum Gasteiger partial charge on any atom is 0.128 e. The highest BCUT2D eigenvalue weighted by molar-refractivity contribution is 7.89. The van der Waals surface area contributed by atoms with Crippen molar-refractivity contribution in [3.05, 3.63) is 29.6 Å². The highest BCUT2D eigenvalue weighted by Gasteiger charge is 2.33. The van der Waals surface area contributed by atoms with E-state index in [9.17, 15) is 8.94 Å². The molecule has 0 spiro atoms. The van der Waals surface area contributed by atoms with Crippen molar-refractivity contribution in [3.63, 3.8) is 0 Å². The summed E-state index contributed by atoms with van der Waals surface area (Å²) in [7, 11) is 0. The van der Waals surface area contributed by atoms with Crippen LogP contribution >= 0.6 is 0 Å². The first-order chi connectivity index (χ1) is 10.5. The van der Waals surface area contributed by atoms with Gasteiger partial charge in [0, 0.05) is 16.9 Å². The first-order valence-electron chi connectivity index (χ1n) is 8.08. The molecule has 0 amide bonds. The van der Waals surface area contributed by atoms with Gasteiger partial charge in [0.25, 0.3) is 0 Å².